The molecule has 4 rings (SSSR count). The summed E-state index contributed by atoms with van der Waals surface area (Å²) in [5, 5.41) is 10.7. The van der Waals surface area contributed by atoms with Crippen LogP contribution in [-0.2, 0) is 16.1 Å². The highest BCUT2D eigenvalue weighted by Gasteiger charge is 2.33. The van der Waals surface area contributed by atoms with Crippen molar-refractivity contribution in [2.45, 2.75) is 58.2 Å². The van der Waals surface area contributed by atoms with Crippen molar-refractivity contribution in [1.82, 2.24) is 24.3 Å². The van der Waals surface area contributed by atoms with Crippen LogP contribution in [0.2, 0.25) is 0 Å². The highest BCUT2D eigenvalue weighted by molar-refractivity contribution is 5.77. The molecule has 2 aliphatic heterocycles. The van der Waals surface area contributed by atoms with Gasteiger partial charge in [0.25, 0.3) is 0 Å². The predicted molar refractivity (Wildman–Crippen MR) is 123 cm³/mol. The summed E-state index contributed by atoms with van der Waals surface area (Å²) in [6, 6.07) is 8.16. The van der Waals surface area contributed by atoms with Crippen molar-refractivity contribution in [3.8, 4) is 0 Å². The zero-order chi connectivity index (χ0) is 22.7. The number of piperazine rings is 1. The Morgan fingerprint density at radius 2 is 1.75 bits per heavy atom. The Morgan fingerprint density at radius 3 is 2.50 bits per heavy atom. The minimum atomic E-state index is -0.434. The molecule has 174 valence electrons. The Kier molecular flexibility index (Phi) is 7.10. The van der Waals surface area contributed by atoms with Crippen LogP contribution in [0.3, 0.4) is 0 Å². The molecule has 2 aromatic rings. The van der Waals surface area contributed by atoms with Crippen molar-refractivity contribution < 1.29 is 14.7 Å². The smallest absolute Gasteiger partial charge is 0.222 e. The van der Waals surface area contributed by atoms with Gasteiger partial charge in [-0.2, -0.15) is 0 Å². The molecule has 2 amide bonds. The summed E-state index contributed by atoms with van der Waals surface area (Å²) in [4.78, 5) is 35.2. The second kappa shape index (κ2) is 10.0. The highest BCUT2D eigenvalue weighted by Crippen LogP contribution is 2.21. The lowest BCUT2D eigenvalue weighted by Crippen LogP contribution is -2.54. The molecule has 3 heterocycles. The van der Waals surface area contributed by atoms with Crippen LogP contribution in [0.5, 0.6) is 0 Å². The average molecular weight is 442 g/mol. The minimum absolute atomic E-state index is 0.0573. The van der Waals surface area contributed by atoms with E-state index >= 15 is 0 Å². The van der Waals surface area contributed by atoms with Crippen LogP contribution in [0.25, 0.3) is 11.0 Å². The predicted octanol–water partition coefficient (Wildman–Crippen LogP) is 1.64. The average Bonchev–Trinajstić information content (AvgIpc) is 2.97. The van der Waals surface area contributed by atoms with Crippen LogP contribution in [0, 0.1) is 6.92 Å². The number of aliphatic hydroxyl groups is 1. The molecule has 0 saturated carbocycles. The lowest BCUT2D eigenvalue weighted by molar-refractivity contribution is -0.132. The van der Waals surface area contributed by atoms with E-state index < -0.39 is 6.10 Å². The lowest BCUT2D eigenvalue weighted by Gasteiger charge is -2.40. The number of nitrogens with zero attached hydrogens (tertiary/aromatic N) is 5. The first-order valence-electron chi connectivity index (χ1n) is 11.8. The van der Waals surface area contributed by atoms with Crippen LogP contribution in [0.4, 0.5) is 0 Å². The van der Waals surface area contributed by atoms with Crippen LogP contribution in [-0.4, -0.2) is 92.6 Å². The summed E-state index contributed by atoms with van der Waals surface area (Å²) >= 11 is 0. The molecule has 32 heavy (non-hydrogen) atoms. The van der Waals surface area contributed by atoms with Crippen molar-refractivity contribution in [2.24, 2.45) is 0 Å². The molecule has 0 unspecified atom stereocenters. The van der Waals surface area contributed by atoms with Crippen LogP contribution in [0.15, 0.2) is 24.3 Å². The van der Waals surface area contributed by atoms with E-state index in [2.05, 4.69) is 20.5 Å². The molecule has 2 atom stereocenters. The maximum Gasteiger partial charge on any atom is 0.222 e. The molecule has 2 aliphatic rings. The van der Waals surface area contributed by atoms with Crippen LogP contribution in [0.1, 0.15) is 38.4 Å². The Hall–Kier alpha value is -2.45. The SMILES string of the molecule is CC(=O)N1CCN([C@H]2CCN(C(=O)CCCn3c(C)nc4ccccc43)CC[C@@H]2O)CC1. The fourth-order valence-corrected chi connectivity index (χ4v) is 5.14. The number of rotatable bonds is 5. The van der Waals surface area contributed by atoms with Gasteiger partial charge in [0.15, 0.2) is 0 Å². The summed E-state index contributed by atoms with van der Waals surface area (Å²) in [5.41, 5.74) is 2.11. The van der Waals surface area contributed by atoms with Gasteiger partial charge in [0.05, 0.1) is 17.1 Å². The quantitative estimate of drug-likeness (QED) is 0.763. The van der Waals surface area contributed by atoms with Crippen molar-refractivity contribution in [3.63, 3.8) is 0 Å². The van der Waals surface area contributed by atoms with E-state index in [1.165, 1.54) is 0 Å². The van der Waals surface area contributed by atoms with E-state index in [9.17, 15) is 14.7 Å². The van der Waals surface area contributed by atoms with E-state index in [-0.39, 0.29) is 17.9 Å². The molecule has 2 fully saturated rings. The summed E-state index contributed by atoms with van der Waals surface area (Å²) in [6.45, 7) is 8.67. The summed E-state index contributed by atoms with van der Waals surface area (Å²) < 4.78 is 2.19. The van der Waals surface area contributed by atoms with E-state index in [1.807, 2.05) is 34.9 Å². The largest absolute Gasteiger partial charge is 0.391 e. The zero-order valence-corrected chi connectivity index (χ0v) is 19.2. The van der Waals surface area contributed by atoms with Crippen LogP contribution < -0.4 is 0 Å². The molecule has 0 aliphatic carbocycles. The molecule has 0 bridgehead atoms. The van der Waals surface area contributed by atoms with Gasteiger partial charge in [-0.3, -0.25) is 14.5 Å². The number of amides is 2. The zero-order valence-electron chi connectivity index (χ0n) is 19.2. The van der Waals surface area contributed by atoms with Gasteiger partial charge >= 0.3 is 0 Å². The number of para-hydroxylation sites is 2. The van der Waals surface area contributed by atoms with Crippen LogP contribution >= 0.6 is 0 Å². The summed E-state index contributed by atoms with van der Waals surface area (Å²) in [6.07, 6.45) is 2.23. The van der Waals surface area contributed by atoms with Crippen molar-refractivity contribution in [3.05, 3.63) is 30.1 Å². The van der Waals surface area contributed by atoms with Gasteiger partial charge in [-0.1, -0.05) is 12.1 Å². The molecule has 2 saturated heterocycles. The number of hydrogen-bond acceptors (Lipinski definition) is 5. The molecule has 8 heteroatoms. The number of aryl methyl sites for hydroxylation is 2. The number of benzene rings is 1. The van der Waals surface area contributed by atoms with E-state index in [4.69, 9.17) is 0 Å². The topological polar surface area (TPSA) is 81.9 Å². The van der Waals surface area contributed by atoms with Gasteiger partial charge in [0.1, 0.15) is 5.82 Å². The molecular formula is C24H35N5O3. The Morgan fingerprint density at radius 1 is 1.03 bits per heavy atom. The number of carbonyl (C=O) groups is 2. The number of likely N-dealkylation sites (tertiary alicyclic amines) is 1. The van der Waals surface area contributed by atoms with Crippen molar-refractivity contribution in [1.29, 1.82) is 0 Å². The van der Waals surface area contributed by atoms with E-state index in [0.717, 1.165) is 49.3 Å². The van der Waals surface area contributed by atoms with Gasteiger partial charge in [-0.25, -0.2) is 4.98 Å². The molecule has 1 aromatic carbocycles. The number of aliphatic hydroxyl groups excluding tert-OH is 1. The number of aromatic nitrogens is 2. The van der Waals surface area contributed by atoms with Gasteiger partial charge in [0, 0.05) is 65.2 Å². The molecule has 1 N–H and O–H groups in total. The first-order chi connectivity index (χ1) is 15.4. The number of imidazole rings is 1. The normalized spacial score (nSPS) is 22.8. The third kappa shape index (κ3) is 4.96. The maximum absolute atomic E-state index is 12.9. The second-order valence-corrected chi connectivity index (χ2v) is 9.04. The van der Waals surface area contributed by atoms with Gasteiger partial charge in [0.2, 0.25) is 11.8 Å². The Labute approximate surface area is 189 Å². The molecule has 8 nitrogen and oxygen atoms in total. The molecule has 1 aromatic heterocycles. The first-order valence-corrected chi connectivity index (χ1v) is 11.8. The second-order valence-electron chi connectivity index (χ2n) is 9.04. The summed E-state index contributed by atoms with van der Waals surface area (Å²) in [7, 11) is 0. The summed E-state index contributed by atoms with van der Waals surface area (Å²) in [5.74, 6) is 1.26. The number of fused-ring (bicyclic) bond motifs is 1. The Bertz CT molecular complexity index is 950. The van der Waals surface area contributed by atoms with Crippen molar-refractivity contribution in [2.75, 3.05) is 39.3 Å². The van der Waals surface area contributed by atoms with Gasteiger partial charge < -0.3 is 19.5 Å². The monoisotopic (exact) mass is 441 g/mol. The number of hydrogen-bond donors (Lipinski definition) is 1. The molecular weight excluding hydrogens is 406 g/mol. The maximum atomic E-state index is 12.9. The Balaban J connectivity index is 1.28. The fourth-order valence-electron chi connectivity index (χ4n) is 5.14. The number of carbonyl (C=O) groups excluding carboxylic acids is 2. The van der Waals surface area contributed by atoms with Crippen molar-refractivity contribution >= 4 is 22.8 Å². The van der Waals surface area contributed by atoms with Gasteiger partial charge in [-0.05, 0) is 38.3 Å². The van der Waals surface area contributed by atoms with E-state index in [1.54, 1.807) is 6.92 Å². The lowest BCUT2D eigenvalue weighted by atomic mass is 10.0. The molecule has 0 radical (unpaired) electrons. The fraction of sp³-hybridized carbons (Fsp3) is 0.625. The third-order valence-electron chi connectivity index (χ3n) is 7.03. The third-order valence-corrected chi connectivity index (χ3v) is 7.03. The van der Waals surface area contributed by atoms with Gasteiger partial charge in [-0.15, -0.1) is 0 Å². The molecule has 0 spiro atoms. The first kappa shape index (κ1) is 22.7. The van der Waals surface area contributed by atoms with E-state index in [0.29, 0.717) is 39.0 Å². The minimum Gasteiger partial charge on any atom is -0.391 e. The highest BCUT2D eigenvalue weighted by atomic mass is 16.3. The standard InChI is InChI=1S/C24H35N5O3/c1-18-25-20-6-3-4-7-21(20)29(18)11-5-8-24(32)28-12-9-22(23(31)10-13-28)27-16-14-26(15-17-27)19(2)30/h3-4,6-7,22-23,31H,5,8-17H2,1-2H3/t22-,23-/m0/s1.